The van der Waals surface area contributed by atoms with Crippen LogP contribution in [0.25, 0.3) is 0 Å². The third-order valence-corrected chi connectivity index (χ3v) is 3.47. The quantitative estimate of drug-likeness (QED) is 0.825. The summed E-state index contributed by atoms with van der Waals surface area (Å²) in [7, 11) is 0. The summed E-state index contributed by atoms with van der Waals surface area (Å²) in [4.78, 5) is 14.7. The summed E-state index contributed by atoms with van der Waals surface area (Å²) in [5.74, 6) is -4.59. The zero-order valence-corrected chi connectivity index (χ0v) is 8.07. The lowest BCUT2D eigenvalue weighted by atomic mass is 10.1. The monoisotopic (exact) mass is 219 g/mol. The van der Waals surface area contributed by atoms with Crippen molar-refractivity contribution in [3.8, 4) is 0 Å². The minimum absolute atomic E-state index is 0.146. The molecule has 0 bridgehead atoms. The van der Waals surface area contributed by atoms with Crippen molar-refractivity contribution < 1.29 is 18.7 Å². The second-order valence-electron chi connectivity index (χ2n) is 3.34. The number of alkyl halides is 2. The average Bonchev–Trinajstić information content (AvgIpc) is 2.44. The van der Waals surface area contributed by atoms with Crippen LogP contribution in [0.15, 0.2) is 6.20 Å². The molecular formula is C8H7F2NO2S. The van der Waals surface area contributed by atoms with Crippen molar-refractivity contribution in [3.63, 3.8) is 0 Å². The molecule has 1 aliphatic rings. The molecule has 6 heteroatoms. The van der Waals surface area contributed by atoms with Crippen LogP contribution in [0.2, 0.25) is 0 Å². The molecule has 1 N–H and O–H groups in total. The molecule has 1 aromatic rings. The van der Waals surface area contributed by atoms with E-state index in [4.69, 9.17) is 5.11 Å². The lowest BCUT2D eigenvalue weighted by molar-refractivity contribution is -0.142. The number of aromatic nitrogens is 1. The van der Waals surface area contributed by atoms with Crippen LogP contribution in [-0.4, -0.2) is 22.0 Å². The van der Waals surface area contributed by atoms with E-state index in [1.54, 1.807) is 6.92 Å². The first-order chi connectivity index (χ1) is 6.40. The lowest BCUT2D eigenvalue weighted by Gasteiger charge is -2.06. The Kier molecular flexibility index (Phi) is 1.70. The van der Waals surface area contributed by atoms with Gasteiger partial charge in [0.2, 0.25) is 0 Å². The van der Waals surface area contributed by atoms with Gasteiger partial charge in [-0.2, -0.15) is 0 Å². The molecule has 2 rings (SSSR count). The van der Waals surface area contributed by atoms with E-state index in [-0.39, 0.29) is 4.88 Å². The van der Waals surface area contributed by atoms with Gasteiger partial charge in [0, 0.05) is 17.5 Å². The number of rotatable bonds is 2. The van der Waals surface area contributed by atoms with Crippen molar-refractivity contribution in [2.75, 3.05) is 0 Å². The molecule has 0 amide bonds. The minimum Gasteiger partial charge on any atom is -0.480 e. The van der Waals surface area contributed by atoms with E-state index in [1.807, 2.05) is 0 Å². The summed E-state index contributed by atoms with van der Waals surface area (Å²) in [6.07, 6.45) is 0.617. The van der Waals surface area contributed by atoms with Gasteiger partial charge >= 0.3 is 5.97 Å². The normalized spacial score (nSPS) is 28.8. The molecule has 1 saturated carbocycles. The molecule has 3 nitrogen and oxygen atoms in total. The van der Waals surface area contributed by atoms with Crippen molar-refractivity contribution in [1.29, 1.82) is 0 Å². The molecular weight excluding hydrogens is 212 g/mol. The first kappa shape index (κ1) is 9.51. The van der Waals surface area contributed by atoms with E-state index >= 15 is 0 Å². The SMILES string of the molecule is Cc1ncc(C2(C(=O)O)CC2(F)F)s1. The predicted molar refractivity (Wildman–Crippen MR) is 45.7 cm³/mol. The molecule has 1 unspecified atom stereocenters. The summed E-state index contributed by atoms with van der Waals surface area (Å²) in [5.41, 5.74) is -2.00. The van der Waals surface area contributed by atoms with Gasteiger partial charge in [-0.3, -0.25) is 4.79 Å². The Labute approximate surface area is 82.4 Å². The molecule has 1 fully saturated rings. The number of nitrogens with zero attached hydrogens (tertiary/aromatic N) is 1. The van der Waals surface area contributed by atoms with Crippen molar-refractivity contribution in [2.45, 2.75) is 24.7 Å². The van der Waals surface area contributed by atoms with Gasteiger partial charge in [-0.25, -0.2) is 13.8 Å². The molecule has 14 heavy (non-hydrogen) atoms. The third kappa shape index (κ3) is 1.00. The maximum absolute atomic E-state index is 13.0. The highest BCUT2D eigenvalue weighted by Gasteiger charge is 2.78. The van der Waals surface area contributed by atoms with Crippen LogP contribution in [-0.2, 0) is 10.2 Å². The van der Waals surface area contributed by atoms with Crippen LogP contribution in [0.3, 0.4) is 0 Å². The van der Waals surface area contributed by atoms with Crippen LogP contribution < -0.4 is 0 Å². The van der Waals surface area contributed by atoms with Gasteiger partial charge in [0.1, 0.15) is 0 Å². The van der Waals surface area contributed by atoms with Crippen molar-refractivity contribution >= 4 is 17.3 Å². The number of aryl methyl sites for hydroxylation is 1. The highest BCUT2D eigenvalue weighted by atomic mass is 32.1. The second-order valence-corrected chi connectivity index (χ2v) is 4.57. The maximum atomic E-state index is 13.0. The Balaban J connectivity index is 2.46. The number of carboxylic acid groups (broad SMARTS) is 1. The van der Waals surface area contributed by atoms with Crippen LogP contribution in [0.4, 0.5) is 8.78 Å². The third-order valence-electron chi connectivity index (χ3n) is 2.39. The first-order valence-corrected chi connectivity index (χ1v) is 4.76. The zero-order valence-electron chi connectivity index (χ0n) is 7.25. The standard InChI is InChI=1S/C8H7F2NO2S/c1-4-11-2-5(14-4)7(6(12)13)3-8(7,9)10/h2H,3H2,1H3,(H,12,13). The Morgan fingerprint density at radius 2 is 2.29 bits per heavy atom. The van der Waals surface area contributed by atoms with Crippen LogP contribution in [0.1, 0.15) is 16.3 Å². The average molecular weight is 219 g/mol. The Hall–Kier alpha value is -1.04. The number of carbonyl (C=O) groups is 1. The minimum atomic E-state index is -3.13. The summed E-state index contributed by atoms with van der Waals surface area (Å²) >= 11 is 1.02. The number of hydrogen-bond acceptors (Lipinski definition) is 3. The summed E-state index contributed by atoms with van der Waals surface area (Å²) in [5, 5.41) is 9.40. The molecule has 1 atom stereocenters. The zero-order chi connectivity index (χ0) is 10.6. The van der Waals surface area contributed by atoms with Crippen LogP contribution in [0.5, 0.6) is 0 Å². The van der Waals surface area contributed by atoms with Gasteiger partial charge < -0.3 is 5.11 Å². The number of thiazole rings is 1. The number of hydrogen-bond donors (Lipinski definition) is 1. The van der Waals surface area contributed by atoms with Gasteiger partial charge in [0.15, 0.2) is 5.41 Å². The molecule has 0 aliphatic heterocycles. The Morgan fingerprint density at radius 1 is 1.71 bits per heavy atom. The summed E-state index contributed by atoms with van der Waals surface area (Å²) < 4.78 is 26.0. The summed E-state index contributed by atoms with van der Waals surface area (Å²) in [6, 6.07) is 0. The second kappa shape index (κ2) is 2.50. The highest BCUT2D eigenvalue weighted by molar-refractivity contribution is 7.11. The predicted octanol–water partition coefficient (Wildman–Crippen LogP) is 1.81. The molecule has 0 saturated heterocycles. The fourth-order valence-corrected chi connectivity index (χ4v) is 2.46. The van der Waals surface area contributed by atoms with Gasteiger partial charge in [-0.1, -0.05) is 0 Å². The lowest BCUT2D eigenvalue weighted by Crippen LogP contribution is -2.25. The topological polar surface area (TPSA) is 50.2 Å². The van der Waals surface area contributed by atoms with Crippen LogP contribution in [0, 0.1) is 6.92 Å². The smallest absolute Gasteiger partial charge is 0.321 e. The van der Waals surface area contributed by atoms with E-state index in [9.17, 15) is 13.6 Å². The molecule has 1 aromatic heterocycles. The van der Waals surface area contributed by atoms with Crippen molar-refractivity contribution in [1.82, 2.24) is 4.98 Å². The number of aliphatic carboxylic acids is 1. The van der Waals surface area contributed by atoms with Crippen LogP contribution >= 0.6 is 11.3 Å². The van der Waals surface area contributed by atoms with Gasteiger partial charge in [-0.05, 0) is 6.92 Å². The first-order valence-electron chi connectivity index (χ1n) is 3.94. The van der Waals surface area contributed by atoms with Gasteiger partial charge in [-0.15, -0.1) is 11.3 Å². The fourth-order valence-electron chi connectivity index (χ4n) is 1.45. The molecule has 1 heterocycles. The Bertz CT molecular complexity index is 404. The van der Waals surface area contributed by atoms with E-state index in [0.717, 1.165) is 11.3 Å². The molecule has 0 aromatic carbocycles. The van der Waals surface area contributed by atoms with E-state index in [1.165, 1.54) is 6.20 Å². The number of carboxylic acids is 1. The van der Waals surface area contributed by atoms with E-state index in [0.29, 0.717) is 5.01 Å². The molecule has 0 spiro atoms. The summed E-state index contributed by atoms with van der Waals surface area (Å²) in [6.45, 7) is 1.66. The van der Waals surface area contributed by atoms with E-state index < -0.39 is 23.7 Å². The largest absolute Gasteiger partial charge is 0.480 e. The fraction of sp³-hybridized carbons (Fsp3) is 0.500. The Morgan fingerprint density at radius 3 is 2.57 bits per heavy atom. The molecule has 0 radical (unpaired) electrons. The van der Waals surface area contributed by atoms with Gasteiger partial charge in [0.05, 0.1) is 5.01 Å². The van der Waals surface area contributed by atoms with Crippen molar-refractivity contribution in [3.05, 3.63) is 16.1 Å². The van der Waals surface area contributed by atoms with Crippen molar-refractivity contribution in [2.24, 2.45) is 0 Å². The molecule has 76 valence electrons. The number of halogens is 2. The van der Waals surface area contributed by atoms with E-state index in [2.05, 4.69) is 4.98 Å². The highest BCUT2D eigenvalue weighted by Crippen LogP contribution is 2.62. The van der Waals surface area contributed by atoms with Gasteiger partial charge in [0.25, 0.3) is 5.92 Å². The maximum Gasteiger partial charge on any atom is 0.321 e. The molecule has 1 aliphatic carbocycles.